The predicted octanol–water partition coefficient (Wildman–Crippen LogP) is 2.82. The number of rotatable bonds is 7. The van der Waals surface area contributed by atoms with E-state index in [4.69, 9.17) is 9.47 Å². The molecule has 1 aliphatic heterocycles. The number of nitro groups is 1. The van der Waals surface area contributed by atoms with E-state index in [9.17, 15) is 19.7 Å². The monoisotopic (exact) mass is 397 g/mol. The van der Waals surface area contributed by atoms with Gasteiger partial charge in [0.15, 0.2) is 0 Å². The van der Waals surface area contributed by atoms with Crippen LogP contribution < -0.4 is 14.8 Å². The van der Waals surface area contributed by atoms with Gasteiger partial charge in [-0.25, -0.2) is 0 Å². The standard InChI is InChI=1S/C20H19N3O6/c1-4-22-19(24)17(12-5-7-13(8-6-12)23(26)27)18(20(22)25)21-15-11-14(28-2)9-10-16(15)29-3/h5-11,21H,4H2,1-3H3. The van der Waals surface area contributed by atoms with Gasteiger partial charge in [-0.1, -0.05) is 0 Å². The molecule has 0 bridgehead atoms. The number of likely N-dealkylation sites (N-methyl/N-ethyl adjacent to an activating group) is 1. The Morgan fingerprint density at radius 1 is 1.03 bits per heavy atom. The van der Waals surface area contributed by atoms with E-state index in [1.165, 1.54) is 38.5 Å². The topological polar surface area (TPSA) is 111 Å². The first-order chi connectivity index (χ1) is 13.9. The van der Waals surface area contributed by atoms with Crippen molar-refractivity contribution in [1.82, 2.24) is 4.90 Å². The normalized spacial score (nSPS) is 13.7. The number of anilines is 1. The van der Waals surface area contributed by atoms with Crippen molar-refractivity contribution >= 4 is 28.8 Å². The van der Waals surface area contributed by atoms with Crippen LogP contribution in [0.2, 0.25) is 0 Å². The van der Waals surface area contributed by atoms with E-state index >= 15 is 0 Å². The molecule has 0 aliphatic carbocycles. The zero-order valence-electron chi connectivity index (χ0n) is 16.1. The summed E-state index contributed by atoms with van der Waals surface area (Å²) in [6.07, 6.45) is 0. The van der Waals surface area contributed by atoms with Crippen molar-refractivity contribution in [3.63, 3.8) is 0 Å². The van der Waals surface area contributed by atoms with Crippen molar-refractivity contribution < 1.29 is 24.0 Å². The number of imide groups is 1. The van der Waals surface area contributed by atoms with Crippen LogP contribution in [0.4, 0.5) is 11.4 Å². The van der Waals surface area contributed by atoms with Crippen LogP contribution in [0.25, 0.3) is 5.57 Å². The lowest BCUT2D eigenvalue weighted by molar-refractivity contribution is -0.384. The average molecular weight is 397 g/mol. The van der Waals surface area contributed by atoms with Gasteiger partial charge in [0.1, 0.15) is 17.2 Å². The Hall–Kier alpha value is -3.88. The molecule has 1 N–H and O–H groups in total. The summed E-state index contributed by atoms with van der Waals surface area (Å²) in [6.45, 7) is 1.88. The van der Waals surface area contributed by atoms with Crippen molar-refractivity contribution in [2.75, 3.05) is 26.1 Å². The highest BCUT2D eigenvalue weighted by Gasteiger charge is 2.38. The van der Waals surface area contributed by atoms with Crippen LogP contribution in [0.15, 0.2) is 48.2 Å². The summed E-state index contributed by atoms with van der Waals surface area (Å²) < 4.78 is 10.5. The van der Waals surface area contributed by atoms with E-state index in [1.807, 2.05) is 0 Å². The fourth-order valence-electron chi connectivity index (χ4n) is 3.04. The number of amides is 2. The molecule has 1 aliphatic rings. The number of non-ortho nitro benzene ring substituents is 1. The van der Waals surface area contributed by atoms with Gasteiger partial charge in [0.25, 0.3) is 17.5 Å². The number of hydrogen-bond acceptors (Lipinski definition) is 7. The van der Waals surface area contributed by atoms with E-state index < -0.39 is 16.7 Å². The summed E-state index contributed by atoms with van der Waals surface area (Å²) in [5, 5.41) is 13.9. The lowest BCUT2D eigenvalue weighted by atomic mass is 10.0. The Balaban J connectivity index is 2.11. The highest BCUT2D eigenvalue weighted by atomic mass is 16.6. The van der Waals surface area contributed by atoms with Crippen molar-refractivity contribution in [3.05, 3.63) is 63.8 Å². The van der Waals surface area contributed by atoms with Gasteiger partial charge in [-0.15, -0.1) is 0 Å². The average Bonchev–Trinajstić information content (AvgIpc) is 2.96. The Kier molecular flexibility index (Phi) is 5.49. The Morgan fingerprint density at radius 3 is 2.28 bits per heavy atom. The molecule has 29 heavy (non-hydrogen) atoms. The molecule has 0 aromatic heterocycles. The minimum atomic E-state index is -0.529. The highest BCUT2D eigenvalue weighted by molar-refractivity contribution is 6.36. The van der Waals surface area contributed by atoms with Crippen LogP contribution in [0.5, 0.6) is 11.5 Å². The van der Waals surface area contributed by atoms with Gasteiger partial charge in [-0.2, -0.15) is 0 Å². The second-order valence-electron chi connectivity index (χ2n) is 6.10. The summed E-state index contributed by atoms with van der Waals surface area (Å²) in [5.74, 6) is 0.0258. The molecule has 150 valence electrons. The molecule has 2 aromatic carbocycles. The number of benzene rings is 2. The molecule has 3 rings (SSSR count). The summed E-state index contributed by atoms with van der Waals surface area (Å²) >= 11 is 0. The maximum Gasteiger partial charge on any atom is 0.278 e. The zero-order valence-corrected chi connectivity index (χ0v) is 16.1. The molecule has 0 saturated heterocycles. The third kappa shape index (κ3) is 3.62. The number of carbonyl (C=O) groups excluding carboxylic acids is 2. The molecule has 0 fully saturated rings. The molecule has 9 heteroatoms. The predicted molar refractivity (Wildman–Crippen MR) is 106 cm³/mol. The third-order valence-electron chi connectivity index (χ3n) is 4.52. The molecule has 2 amide bonds. The molecule has 0 radical (unpaired) electrons. The van der Waals surface area contributed by atoms with E-state index in [0.29, 0.717) is 22.7 Å². The van der Waals surface area contributed by atoms with Gasteiger partial charge in [0.2, 0.25) is 0 Å². The van der Waals surface area contributed by atoms with Crippen molar-refractivity contribution in [2.45, 2.75) is 6.92 Å². The van der Waals surface area contributed by atoms with Crippen molar-refractivity contribution in [3.8, 4) is 11.5 Å². The molecule has 0 spiro atoms. The van der Waals surface area contributed by atoms with Gasteiger partial charge in [-0.05, 0) is 36.8 Å². The maximum absolute atomic E-state index is 12.9. The second kappa shape index (κ2) is 8.01. The van der Waals surface area contributed by atoms with E-state index in [0.717, 1.165) is 4.90 Å². The molecule has 1 heterocycles. The van der Waals surface area contributed by atoms with Crippen molar-refractivity contribution in [2.24, 2.45) is 0 Å². The molecular weight excluding hydrogens is 378 g/mol. The van der Waals surface area contributed by atoms with Gasteiger partial charge < -0.3 is 14.8 Å². The van der Waals surface area contributed by atoms with Crippen LogP contribution in [0, 0.1) is 10.1 Å². The summed E-state index contributed by atoms with van der Waals surface area (Å²) in [5.41, 5.74) is 0.936. The molecule has 2 aromatic rings. The number of nitro benzene ring substituents is 1. The molecule has 0 unspecified atom stereocenters. The highest BCUT2D eigenvalue weighted by Crippen LogP contribution is 2.35. The Morgan fingerprint density at radius 2 is 1.72 bits per heavy atom. The van der Waals surface area contributed by atoms with E-state index in [1.54, 1.807) is 25.1 Å². The number of nitrogens with one attached hydrogen (secondary N) is 1. The first-order valence-corrected chi connectivity index (χ1v) is 8.75. The quantitative estimate of drug-likeness (QED) is 0.434. The number of methoxy groups -OCH3 is 2. The number of ether oxygens (including phenoxy) is 2. The van der Waals surface area contributed by atoms with Crippen LogP contribution in [-0.4, -0.2) is 42.4 Å². The minimum Gasteiger partial charge on any atom is -0.497 e. The van der Waals surface area contributed by atoms with Gasteiger partial charge >= 0.3 is 0 Å². The summed E-state index contributed by atoms with van der Waals surface area (Å²) in [6, 6.07) is 10.5. The minimum absolute atomic E-state index is 0.0669. The molecular formula is C20H19N3O6. The molecule has 0 atom stereocenters. The molecule has 0 saturated carbocycles. The number of carbonyl (C=O) groups is 2. The lowest BCUT2D eigenvalue weighted by Crippen LogP contribution is -2.32. The Labute approximate surface area is 166 Å². The zero-order chi connectivity index (χ0) is 21.1. The SMILES string of the molecule is CCN1C(=O)C(Nc2cc(OC)ccc2OC)=C(c2ccc([N+](=O)[O-])cc2)C1=O. The molecule has 9 nitrogen and oxygen atoms in total. The lowest BCUT2D eigenvalue weighted by Gasteiger charge is -2.14. The van der Waals surface area contributed by atoms with Crippen LogP contribution in [0.3, 0.4) is 0 Å². The summed E-state index contributed by atoms with van der Waals surface area (Å²) in [7, 11) is 2.99. The van der Waals surface area contributed by atoms with Crippen LogP contribution in [-0.2, 0) is 9.59 Å². The third-order valence-corrected chi connectivity index (χ3v) is 4.52. The van der Waals surface area contributed by atoms with Gasteiger partial charge in [0, 0.05) is 24.7 Å². The first kappa shape index (κ1) is 19.9. The Bertz CT molecular complexity index is 1010. The fourth-order valence-corrected chi connectivity index (χ4v) is 3.04. The number of hydrogen-bond donors (Lipinski definition) is 1. The second-order valence-corrected chi connectivity index (χ2v) is 6.10. The largest absolute Gasteiger partial charge is 0.497 e. The maximum atomic E-state index is 12.9. The smallest absolute Gasteiger partial charge is 0.278 e. The van der Waals surface area contributed by atoms with Gasteiger partial charge in [-0.3, -0.25) is 24.6 Å². The van der Waals surface area contributed by atoms with Gasteiger partial charge in [0.05, 0.1) is 30.4 Å². The van der Waals surface area contributed by atoms with E-state index in [2.05, 4.69) is 5.32 Å². The first-order valence-electron chi connectivity index (χ1n) is 8.75. The van der Waals surface area contributed by atoms with Crippen molar-refractivity contribution in [1.29, 1.82) is 0 Å². The van der Waals surface area contributed by atoms with E-state index in [-0.39, 0.29) is 23.5 Å². The fraction of sp³-hybridized carbons (Fsp3) is 0.200. The number of nitrogens with zero attached hydrogens (tertiary/aromatic N) is 2. The summed E-state index contributed by atoms with van der Waals surface area (Å²) in [4.78, 5) is 37.2. The van der Waals surface area contributed by atoms with Crippen LogP contribution in [0.1, 0.15) is 12.5 Å². The van der Waals surface area contributed by atoms with Crippen LogP contribution >= 0.6 is 0 Å².